The van der Waals surface area contributed by atoms with Gasteiger partial charge in [-0.3, -0.25) is 15.2 Å². The summed E-state index contributed by atoms with van der Waals surface area (Å²) in [4.78, 5) is 15.2. The second kappa shape index (κ2) is 8.34. The maximum absolute atomic E-state index is 13.1. The smallest absolute Gasteiger partial charge is 0.387 e. The summed E-state index contributed by atoms with van der Waals surface area (Å²) in [5.41, 5.74) is 1.55. The molecule has 0 atom stereocenters. The Balaban J connectivity index is 1.97. The molecule has 0 aliphatic rings. The van der Waals surface area contributed by atoms with E-state index in [1.165, 1.54) is 54.7 Å². The standard InChI is InChI=1S/C20H14F3N3O2/c21-14-4-6-15(7-5-14)26-17-8-12(11-27)10-25-19(17)18(24)13-2-1-3-16(9-13)28-20(22)23/h1-11,20,24,26H. The van der Waals surface area contributed by atoms with Crippen molar-refractivity contribution >= 4 is 23.4 Å². The number of carbonyl (C=O) groups excluding carboxylic acids is 1. The predicted molar refractivity (Wildman–Crippen MR) is 98.3 cm³/mol. The van der Waals surface area contributed by atoms with Crippen LogP contribution < -0.4 is 10.1 Å². The van der Waals surface area contributed by atoms with Crippen molar-refractivity contribution in [3.63, 3.8) is 0 Å². The van der Waals surface area contributed by atoms with Gasteiger partial charge in [-0.15, -0.1) is 0 Å². The number of rotatable bonds is 7. The number of alkyl halides is 2. The minimum absolute atomic E-state index is 0.0678. The van der Waals surface area contributed by atoms with Crippen LogP contribution >= 0.6 is 0 Å². The van der Waals surface area contributed by atoms with Crippen LogP contribution in [0.1, 0.15) is 21.6 Å². The zero-order valence-electron chi connectivity index (χ0n) is 14.3. The van der Waals surface area contributed by atoms with Gasteiger partial charge in [0.15, 0.2) is 6.29 Å². The molecule has 0 unspecified atom stereocenters. The molecular formula is C20H14F3N3O2. The van der Waals surface area contributed by atoms with Crippen LogP contribution in [0, 0.1) is 11.2 Å². The predicted octanol–water partition coefficient (Wildman–Crippen LogP) is 4.79. The molecule has 1 aromatic heterocycles. The Kier molecular flexibility index (Phi) is 5.69. The molecule has 3 aromatic rings. The van der Waals surface area contributed by atoms with Crippen molar-refractivity contribution in [2.45, 2.75) is 6.61 Å². The number of nitrogens with zero attached hydrogens (tertiary/aromatic N) is 1. The highest BCUT2D eigenvalue weighted by Gasteiger charge is 2.15. The Morgan fingerprint density at radius 3 is 2.57 bits per heavy atom. The molecule has 0 radical (unpaired) electrons. The van der Waals surface area contributed by atoms with Crippen LogP contribution in [-0.4, -0.2) is 23.6 Å². The lowest BCUT2D eigenvalue weighted by Gasteiger charge is -2.14. The molecule has 2 aromatic carbocycles. The number of hydrogen-bond donors (Lipinski definition) is 2. The van der Waals surface area contributed by atoms with Gasteiger partial charge in [-0.05, 0) is 42.5 Å². The van der Waals surface area contributed by atoms with Crippen molar-refractivity contribution in [3.05, 3.63) is 83.4 Å². The van der Waals surface area contributed by atoms with E-state index in [2.05, 4.69) is 15.0 Å². The van der Waals surface area contributed by atoms with E-state index in [4.69, 9.17) is 5.41 Å². The molecule has 8 heteroatoms. The maximum Gasteiger partial charge on any atom is 0.387 e. The van der Waals surface area contributed by atoms with Gasteiger partial charge < -0.3 is 10.1 Å². The normalized spacial score (nSPS) is 10.6. The molecule has 0 saturated heterocycles. The second-order valence-corrected chi connectivity index (χ2v) is 5.70. The molecule has 3 rings (SSSR count). The SMILES string of the molecule is N=C(c1cccc(OC(F)F)c1)c1ncc(C=O)cc1Nc1ccc(F)cc1. The van der Waals surface area contributed by atoms with Crippen LogP contribution in [-0.2, 0) is 0 Å². The number of ether oxygens (including phenoxy) is 1. The molecule has 1 heterocycles. The maximum atomic E-state index is 13.1. The Morgan fingerprint density at radius 1 is 1.14 bits per heavy atom. The van der Waals surface area contributed by atoms with E-state index in [0.29, 0.717) is 23.2 Å². The highest BCUT2D eigenvalue weighted by molar-refractivity contribution is 6.13. The number of benzene rings is 2. The first kappa shape index (κ1) is 19.1. The van der Waals surface area contributed by atoms with Crippen molar-refractivity contribution in [1.82, 2.24) is 4.98 Å². The van der Waals surface area contributed by atoms with E-state index in [-0.39, 0.29) is 22.7 Å². The zero-order valence-corrected chi connectivity index (χ0v) is 14.3. The fraction of sp³-hybridized carbons (Fsp3) is 0.0500. The summed E-state index contributed by atoms with van der Waals surface area (Å²) >= 11 is 0. The van der Waals surface area contributed by atoms with Crippen LogP contribution in [0.2, 0.25) is 0 Å². The lowest BCUT2D eigenvalue weighted by atomic mass is 10.0. The monoisotopic (exact) mass is 385 g/mol. The molecule has 0 saturated carbocycles. The van der Waals surface area contributed by atoms with Crippen LogP contribution in [0.3, 0.4) is 0 Å². The van der Waals surface area contributed by atoms with Gasteiger partial charge in [0.25, 0.3) is 0 Å². The van der Waals surface area contributed by atoms with Crippen LogP contribution in [0.25, 0.3) is 0 Å². The number of hydrogen-bond acceptors (Lipinski definition) is 5. The molecule has 5 nitrogen and oxygen atoms in total. The van der Waals surface area contributed by atoms with Crippen molar-refractivity contribution in [1.29, 1.82) is 5.41 Å². The Labute approximate surface area is 158 Å². The molecule has 0 spiro atoms. The molecule has 0 fully saturated rings. The molecule has 142 valence electrons. The lowest BCUT2D eigenvalue weighted by Crippen LogP contribution is -2.10. The quantitative estimate of drug-likeness (QED) is 0.453. The number of aldehydes is 1. The number of halogens is 3. The van der Waals surface area contributed by atoms with Gasteiger partial charge in [-0.2, -0.15) is 8.78 Å². The number of anilines is 2. The number of nitrogens with one attached hydrogen (secondary N) is 2. The minimum Gasteiger partial charge on any atom is -0.435 e. The summed E-state index contributed by atoms with van der Waals surface area (Å²) in [7, 11) is 0. The third kappa shape index (κ3) is 4.53. The minimum atomic E-state index is -2.98. The highest BCUT2D eigenvalue weighted by Crippen LogP contribution is 2.25. The lowest BCUT2D eigenvalue weighted by molar-refractivity contribution is -0.0498. The fourth-order valence-electron chi connectivity index (χ4n) is 2.49. The number of aromatic nitrogens is 1. The molecule has 2 N–H and O–H groups in total. The van der Waals surface area contributed by atoms with Crippen molar-refractivity contribution in [2.24, 2.45) is 0 Å². The summed E-state index contributed by atoms with van der Waals surface area (Å²) in [6, 6.07) is 12.7. The third-order valence-corrected chi connectivity index (χ3v) is 3.75. The Bertz CT molecular complexity index is 1010. The van der Waals surface area contributed by atoms with Gasteiger partial charge in [0.05, 0.1) is 11.4 Å². The van der Waals surface area contributed by atoms with Crippen LogP contribution in [0.4, 0.5) is 24.5 Å². The first-order valence-electron chi connectivity index (χ1n) is 8.08. The van der Waals surface area contributed by atoms with E-state index in [9.17, 15) is 18.0 Å². The van der Waals surface area contributed by atoms with Gasteiger partial charge in [0, 0.05) is 23.0 Å². The van der Waals surface area contributed by atoms with Gasteiger partial charge in [0.2, 0.25) is 0 Å². The summed E-state index contributed by atoms with van der Waals surface area (Å²) in [5.74, 6) is -0.496. The summed E-state index contributed by atoms with van der Waals surface area (Å²) in [5, 5.41) is 11.4. The Hall–Kier alpha value is -3.68. The molecule has 0 bridgehead atoms. The topological polar surface area (TPSA) is 75.1 Å². The third-order valence-electron chi connectivity index (χ3n) is 3.75. The molecule has 28 heavy (non-hydrogen) atoms. The van der Waals surface area contributed by atoms with Crippen molar-refractivity contribution < 1.29 is 22.7 Å². The average molecular weight is 385 g/mol. The van der Waals surface area contributed by atoms with E-state index < -0.39 is 12.4 Å². The van der Waals surface area contributed by atoms with Crippen molar-refractivity contribution in [2.75, 3.05) is 5.32 Å². The van der Waals surface area contributed by atoms with Gasteiger partial charge >= 0.3 is 6.61 Å². The van der Waals surface area contributed by atoms with Crippen molar-refractivity contribution in [3.8, 4) is 5.75 Å². The largest absolute Gasteiger partial charge is 0.435 e. The van der Waals surface area contributed by atoms with E-state index >= 15 is 0 Å². The van der Waals surface area contributed by atoms with E-state index in [1.807, 2.05) is 0 Å². The van der Waals surface area contributed by atoms with E-state index in [0.717, 1.165) is 0 Å². The molecule has 0 amide bonds. The molecular weight excluding hydrogens is 371 g/mol. The first-order valence-corrected chi connectivity index (χ1v) is 8.08. The number of pyridine rings is 1. The van der Waals surface area contributed by atoms with Gasteiger partial charge in [0.1, 0.15) is 17.3 Å². The van der Waals surface area contributed by atoms with Gasteiger partial charge in [-0.1, -0.05) is 12.1 Å². The Morgan fingerprint density at radius 2 is 1.89 bits per heavy atom. The van der Waals surface area contributed by atoms with E-state index in [1.54, 1.807) is 6.07 Å². The zero-order chi connectivity index (χ0) is 20.1. The summed E-state index contributed by atoms with van der Waals surface area (Å²) in [6.45, 7) is -2.98. The first-order chi connectivity index (χ1) is 13.5. The fourth-order valence-corrected chi connectivity index (χ4v) is 2.49. The number of carbonyl (C=O) groups is 1. The second-order valence-electron chi connectivity index (χ2n) is 5.70. The van der Waals surface area contributed by atoms with Gasteiger partial charge in [-0.25, -0.2) is 4.39 Å². The van der Waals surface area contributed by atoms with Crippen LogP contribution in [0.5, 0.6) is 5.75 Å². The highest BCUT2D eigenvalue weighted by atomic mass is 19.3. The molecule has 0 aliphatic heterocycles. The molecule has 0 aliphatic carbocycles. The average Bonchev–Trinajstić information content (AvgIpc) is 2.69. The van der Waals surface area contributed by atoms with Crippen LogP contribution in [0.15, 0.2) is 60.8 Å². The summed E-state index contributed by atoms with van der Waals surface area (Å²) in [6.07, 6.45) is 1.90. The summed E-state index contributed by atoms with van der Waals surface area (Å²) < 4.78 is 42.4.